The summed E-state index contributed by atoms with van der Waals surface area (Å²) in [5.41, 5.74) is 4.59. The van der Waals surface area contributed by atoms with Gasteiger partial charge in [-0.3, -0.25) is 9.69 Å². The summed E-state index contributed by atoms with van der Waals surface area (Å²) in [7, 11) is 0. The first-order valence-electron chi connectivity index (χ1n) is 13.1. The van der Waals surface area contributed by atoms with E-state index < -0.39 is 0 Å². The van der Waals surface area contributed by atoms with Crippen LogP contribution in [0.3, 0.4) is 0 Å². The molecule has 1 aromatic carbocycles. The molecule has 0 saturated carbocycles. The minimum atomic E-state index is 0. The number of morpholine rings is 1. The number of likely N-dealkylation sites (tertiary alicyclic amines) is 2. The van der Waals surface area contributed by atoms with E-state index >= 15 is 0 Å². The molecule has 0 aliphatic carbocycles. The Bertz CT molecular complexity index is 1240. The lowest BCUT2D eigenvalue weighted by atomic mass is 9.88. The van der Waals surface area contributed by atoms with Crippen LogP contribution in [0.15, 0.2) is 37.1 Å². The zero-order valence-corrected chi connectivity index (χ0v) is 21.0. The summed E-state index contributed by atoms with van der Waals surface area (Å²) >= 11 is 0. The second-order valence-electron chi connectivity index (χ2n) is 10.1. The van der Waals surface area contributed by atoms with Gasteiger partial charge in [0.2, 0.25) is 5.91 Å². The van der Waals surface area contributed by atoms with Crippen molar-refractivity contribution in [3.8, 4) is 11.8 Å². The predicted octanol–water partition coefficient (Wildman–Crippen LogP) is 3.25. The van der Waals surface area contributed by atoms with Crippen LogP contribution in [0.25, 0.3) is 0 Å². The highest BCUT2D eigenvalue weighted by Gasteiger charge is 2.36. The molecular formula is C28H34N6O3. The summed E-state index contributed by atoms with van der Waals surface area (Å²) in [6.45, 7) is 10.4. The molecule has 4 aliphatic heterocycles. The van der Waals surface area contributed by atoms with Crippen LogP contribution in [-0.2, 0) is 16.1 Å². The number of pyridine rings is 1. The molecule has 0 bridgehead atoms. The van der Waals surface area contributed by atoms with Crippen molar-refractivity contribution < 1.29 is 15.7 Å². The Balaban J connectivity index is 0.00000294. The molecule has 0 radical (unpaired) electrons. The predicted molar refractivity (Wildman–Crippen MR) is 142 cm³/mol. The number of benzene rings is 1. The summed E-state index contributed by atoms with van der Waals surface area (Å²) in [5, 5.41) is 13.3. The van der Waals surface area contributed by atoms with Gasteiger partial charge in [-0.25, -0.2) is 4.98 Å². The van der Waals surface area contributed by atoms with Gasteiger partial charge >= 0.3 is 0 Å². The Morgan fingerprint density at radius 3 is 2.73 bits per heavy atom. The Morgan fingerprint density at radius 1 is 1.22 bits per heavy atom. The smallest absolute Gasteiger partial charge is 0.246 e. The summed E-state index contributed by atoms with van der Waals surface area (Å²) in [6.07, 6.45) is 5.24. The first-order valence-corrected chi connectivity index (χ1v) is 13.1. The van der Waals surface area contributed by atoms with Gasteiger partial charge in [-0.2, -0.15) is 5.26 Å². The minimum Gasteiger partial charge on any atom is -0.487 e. The van der Waals surface area contributed by atoms with Crippen molar-refractivity contribution in [2.45, 2.75) is 31.4 Å². The Kier molecular flexibility index (Phi) is 6.45. The van der Waals surface area contributed by atoms with Crippen molar-refractivity contribution in [2.75, 3.05) is 62.7 Å². The monoisotopic (exact) mass is 502 g/mol. The third-order valence-electron chi connectivity index (χ3n) is 8.09. The summed E-state index contributed by atoms with van der Waals surface area (Å²) < 4.78 is 11.8. The number of ether oxygens (including phenoxy) is 2. The fourth-order valence-corrected chi connectivity index (χ4v) is 5.91. The van der Waals surface area contributed by atoms with E-state index in [0.29, 0.717) is 37.3 Å². The van der Waals surface area contributed by atoms with E-state index in [1.54, 1.807) is 6.20 Å². The average Bonchev–Trinajstić information content (AvgIpc) is 3.11. The molecule has 5 heterocycles. The van der Waals surface area contributed by atoms with Crippen molar-refractivity contribution in [1.29, 1.82) is 5.26 Å². The number of carbonyl (C=O) groups is 1. The van der Waals surface area contributed by atoms with E-state index in [1.807, 2.05) is 4.90 Å². The van der Waals surface area contributed by atoms with Crippen LogP contribution < -0.4 is 15.0 Å². The van der Waals surface area contributed by atoms with Crippen molar-refractivity contribution >= 4 is 23.1 Å². The maximum atomic E-state index is 11.8. The number of piperidine rings is 1. The standard InChI is InChI=1S/C28H32N6O3.H2/c1-2-26(35)34-16-22(17-34)32-7-5-19(6-8-32)20-3-4-25-24(13-20)31-28-23(18-37-25)27(21(14-29)15-30-28)33-9-11-36-12-10-33;/h2-4,13,15,19,22H,1,5-12,16-18H2,(H,30,31);1H. The lowest BCUT2D eigenvalue weighted by Gasteiger charge is -2.47. The van der Waals surface area contributed by atoms with Gasteiger partial charge in [-0.05, 0) is 55.6 Å². The van der Waals surface area contributed by atoms with E-state index in [1.165, 1.54) is 11.6 Å². The maximum Gasteiger partial charge on any atom is 0.246 e. The number of rotatable bonds is 4. The molecule has 194 valence electrons. The molecule has 9 nitrogen and oxygen atoms in total. The van der Waals surface area contributed by atoms with E-state index in [2.05, 4.69) is 50.9 Å². The van der Waals surface area contributed by atoms with Gasteiger partial charge in [0.15, 0.2) is 0 Å². The van der Waals surface area contributed by atoms with Gasteiger partial charge in [0, 0.05) is 39.8 Å². The number of carbonyl (C=O) groups excluding carboxylic acids is 1. The second kappa shape index (κ2) is 10.0. The van der Waals surface area contributed by atoms with Crippen LogP contribution in [-0.4, -0.2) is 79.2 Å². The minimum absolute atomic E-state index is 0. The van der Waals surface area contributed by atoms with Gasteiger partial charge in [0.1, 0.15) is 24.2 Å². The van der Waals surface area contributed by atoms with Crippen LogP contribution >= 0.6 is 0 Å². The number of hydrogen-bond donors (Lipinski definition) is 1. The first-order chi connectivity index (χ1) is 18.1. The summed E-state index contributed by atoms with van der Waals surface area (Å²) in [5.74, 6) is 2.06. The second-order valence-corrected chi connectivity index (χ2v) is 10.1. The molecule has 1 N–H and O–H groups in total. The Hall–Kier alpha value is -3.61. The number of aromatic nitrogens is 1. The molecule has 1 aromatic heterocycles. The largest absolute Gasteiger partial charge is 0.487 e. The SMILES string of the molecule is C=CC(=O)N1CC(N2CCC(c3ccc4c(c3)Nc3ncc(C#N)c(N5CCOCC5)c3CO4)CC2)C1.[HH]. The van der Waals surface area contributed by atoms with Gasteiger partial charge in [0.25, 0.3) is 0 Å². The highest BCUT2D eigenvalue weighted by atomic mass is 16.5. The molecule has 3 saturated heterocycles. The topological polar surface area (TPSA) is 94.0 Å². The molecule has 37 heavy (non-hydrogen) atoms. The van der Waals surface area contributed by atoms with Crippen LogP contribution in [0.2, 0.25) is 0 Å². The molecule has 9 heteroatoms. The molecule has 1 amide bonds. The Labute approximate surface area is 218 Å². The lowest BCUT2D eigenvalue weighted by molar-refractivity contribution is -0.133. The quantitative estimate of drug-likeness (QED) is 0.637. The fraction of sp³-hybridized carbons (Fsp3) is 0.464. The van der Waals surface area contributed by atoms with Crippen molar-refractivity contribution in [3.63, 3.8) is 0 Å². The normalized spacial score (nSPS) is 20.4. The zero-order valence-electron chi connectivity index (χ0n) is 21.0. The molecule has 6 rings (SSSR count). The lowest BCUT2D eigenvalue weighted by Crippen LogP contribution is -2.61. The van der Waals surface area contributed by atoms with Crippen LogP contribution in [0.4, 0.5) is 17.2 Å². The van der Waals surface area contributed by atoms with E-state index in [4.69, 9.17) is 9.47 Å². The maximum absolute atomic E-state index is 11.8. The number of anilines is 3. The number of nitrogens with zero attached hydrogens (tertiary/aromatic N) is 5. The van der Waals surface area contributed by atoms with Crippen LogP contribution in [0, 0.1) is 11.3 Å². The number of amides is 1. The van der Waals surface area contributed by atoms with Gasteiger partial charge in [-0.1, -0.05) is 12.6 Å². The zero-order chi connectivity index (χ0) is 25.4. The third-order valence-corrected chi connectivity index (χ3v) is 8.09. The van der Waals surface area contributed by atoms with Crippen molar-refractivity contribution in [2.24, 2.45) is 0 Å². The molecule has 3 fully saturated rings. The highest BCUT2D eigenvalue weighted by Crippen LogP contribution is 2.41. The molecular weight excluding hydrogens is 468 g/mol. The van der Waals surface area contributed by atoms with Crippen molar-refractivity contribution in [1.82, 2.24) is 14.8 Å². The van der Waals surface area contributed by atoms with Gasteiger partial charge in [0.05, 0.1) is 35.7 Å². The van der Waals surface area contributed by atoms with E-state index in [-0.39, 0.29) is 7.33 Å². The van der Waals surface area contributed by atoms with Crippen molar-refractivity contribution in [3.05, 3.63) is 53.7 Å². The Morgan fingerprint density at radius 2 is 2.00 bits per heavy atom. The highest BCUT2D eigenvalue weighted by molar-refractivity contribution is 5.87. The van der Waals surface area contributed by atoms with Crippen LogP contribution in [0.5, 0.6) is 5.75 Å². The van der Waals surface area contributed by atoms with Crippen LogP contribution in [0.1, 0.15) is 36.9 Å². The number of nitriles is 1. The number of hydrogen-bond acceptors (Lipinski definition) is 8. The number of nitrogens with one attached hydrogen (secondary N) is 1. The molecule has 0 spiro atoms. The summed E-state index contributed by atoms with van der Waals surface area (Å²) in [6, 6.07) is 9.22. The molecule has 2 aromatic rings. The molecule has 0 unspecified atom stereocenters. The van der Waals surface area contributed by atoms with E-state index in [9.17, 15) is 10.1 Å². The third kappa shape index (κ3) is 4.52. The first kappa shape index (κ1) is 23.8. The average molecular weight is 503 g/mol. The molecule has 0 atom stereocenters. The fourth-order valence-electron chi connectivity index (χ4n) is 5.91. The van der Waals surface area contributed by atoms with E-state index in [0.717, 1.165) is 80.6 Å². The summed E-state index contributed by atoms with van der Waals surface area (Å²) in [4.78, 5) is 22.9. The number of fused-ring (bicyclic) bond motifs is 2. The van der Waals surface area contributed by atoms with Gasteiger partial charge < -0.3 is 24.6 Å². The van der Waals surface area contributed by atoms with Gasteiger partial charge in [-0.15, -0.1) is 0 Å². The molecule has 4 aliphatic rings.